The molecule has 0 N–H and O–H groups in total. The normalized spacial score (nSPS) is 11.2. The molecule has 0 spiro atoms. The molecule has 28 heavy (non-hydrogen) atoms. The molecular weight excluding hydrogens is 360 g/mol. The molecule has 0 aliphatic carbocycles. The molecule has 1 unspecified atom stereocenters. The van der Waals surface area contributed by atoms with Crippen molar-refractivity contribution in [3.63, 3.8) is 0 Å². The Morgan fingerprint density at radius 3 is 1.79 bits per heavy atom. The van der Waals surface area contributed by atoms with Crippen molar-refractivity contribution in [2.24, 2.45) is 0 Å². The zero-order valence-electron chi connectivity index (χ0n) is 16.1. The predicted octanol–water partition coefficient (Wildman–Crippen LogP) is 4.00. The fourth-order valence-electron chi connectivity index (χ4n) is 2.31. The predicted molar refractivity (Wildman–Crippen MR) is 104 cm³/mol. The van der Waals surface area contributed by atoms with E-state index in [0.717, 1.165) is 0 Å². The van der Waals surface area contributed by atoms with E-state index in [1.807, 2.05) is 0 Å². The lowest BCUT2D eigenvalue weighted by Gasteiger charge is -2.15. The minimum atomic E-state index is -0.803. The van der Waals surface area contributed by atoms with Crippen LogP contribution in [0.3, 0.4) is 0 Å². The van der Waals surface area contributed by atoms with Gasteiger partial charge in [0.15, 0.2) is 11.6 Å². The van der Waals surface area contributed by atoms with Crippen LogP contribution in [0.15, 0.2) is 60.7 Å². The second-order valence-electron chi connectivity index (χ2n) is 6.15. The third-order valence-electron chi connectivity index (χ3n) is 3.83. The van der Waals surface area contributed by atoms with E-state index in [0.29, 0.717) is 22.6 Å². The molecule has 0 saturated heterocycles. The van der Waals surface area contributed by atoms with Crippen LogP contribution in [-0.4, -0.2) is 30.9 Å². The van der Waals surface area contributed by atoms with Gasteiger partial charge in [0, 0.05) is 23.6 Å². The van der Waals surface area contributed by atoms with Crippen LogP contribution in [0.5, 0.6) is 11.5 Å². The van der Waals surface area contributed by atoms with Gasteiger partial charge in [0.05, 0.1) is 13.5 Å². The van der Waals surface area contributed by atoms with E-state index < -0.39 is 12.3 Å². The van der Waals surface area contributed by atoms with Gasteiger partial charge in [-0.2, -0.15) is 0 Å². The second-order valence-corrected chi connectivity index (χ2v) is 6.15. The Kier molecular flexibility index (Phi) is 7.09. The summed E-state index contributed by atoms with van der Waals surface area (Å²) in [6.07, 6.45) is -1.04. The van der Waals surface area contributed by atoms with Gasteiger partial charge in [0.2, 0.25) is 6.29 Å². The van der Waals surface area contributed by atoms with Crippen molar-refractivity contribution in [1.82, 2.24) is 0 Å². The number of Topliss-reactive ketones (excluding diaryl/α,β-unsaturated/α-hetero) is 2. The Balaban J connectivity index is 1.94. The number of esters is 1. The van der Waals surface area contributed by atoms with Crippen LogP contribution in [0.4, 0.5) is 0 Å². The highest BCUT2D eigenvalue weighted by molar-refractivity contribution is 6.13. The lowest BCUT2D eigenvalue weighted by Crippen LogP contribution is -2.21. The maximum absolute atomic E-state index is 12.3. The number of methoxy groups -OCH3 is 1. The molecule has 0 saturated carbocycles. The van der Waals surface area contributed by atoms with Crippen molar-refractivity contribution in [1.29, 1.82) is 0 Å². The molecule has 6 heteroatoms. The van der Waals surface area contributed by atoms with Crippen LogP contribution in [0, 0.1) is 0 Å². The van der Waals surface area contributed by atoms with E-state index in [9.17, 15) is 14.4 Å². The molecule has 0 aliphatic heterocycles. The van der Waals surface area contributed by atoms with Gasteiger partial charge < -0.3 is 14.2 Å². The number of ketones is 2. The SMILES string of the molecule is C=C(C)C(=O)OC(C)Oc1ccc(C(=O)CC(=O)c2ccc(OC)cc2)cc1. The van der Waals surface area contributed by atoms with Crippen molar-refractivity contribution in [2.45, 2.75) is 26.6 Å². The fraction of sp³-hybridized carbons (Fsp3) is 0.227. The molecule has 0 aliphatic rings. The van der Waals surface area contributed by atoms with Gasteiger partial charge in [-0.25, -0.2) is 4.79 Å². The Hall–Kier alpha value is -3.41. The van der Waals surface area contributed by atoms with Crippen molar-refractivity contribution in [2.75, 3.05) is 7.11 Å². The van der Waals surface area contributed by atoms with Crippen molar-refractivity contribution < 1.29 is 28.6 Å². The Bertz CT molecular complexity index is 865. The van der Waals surface area contributed by atoms with Crippen LogP contribution in [0.25, 0.3) is 0 Å². The average Bonchev–Trinajstić information content (AvgIpc) is 2.68. The maximum Gasteiger partial charge on any atom is 0.336 e. The first-order valence-electron chi connectivity index (χ1n) is 8.64. The van der Waals surface area contributed by atoms with Crippen molar-refractivity contribution in [3.05, 3.63) is 71.8 Å². The minimum Gasteiger partial charge on any atom is -0.497 e. The molecule has 6 nitrogen and oxygen atoms in total. The summed E-state index contributed by atoms with van der Waals surface area (Å²) >= 11 is 0. The molecule has 0 bridgehead atoms. The average molecular weight is 382 g/mol. The summed E-state index contributed by atoms with van der Waals surface area (Å²) in [5.74, 6) is -0.0413. The Labute approximate surface area is 163 Å². The summed E-state index contributed by atoms with van der Waals surface area (Å²) in [6.45, 7) is 6.62. The Morgan fingerprint density at radius 2 is 1.36 bits per heavy atom. The van der Waals surface area contributed by atoms with Gasteiger partial charge in [-0.1, -0.05) is 6.58 Å². The number of benzene rings is 2. The van der Waals surface area contributed by atoms with E-state index in [2.05, 4.69) is 6.58 Å². The number of hydrogen-bond acceptors (Lipinski definition) is 6. The van der Waals surface area contributed by atoms with Gasteiger partial charge in [-0.05, 0) is 55.5 Å². The van der Waals surface area contributed by atoms with Gasteiger partial charge in [-0.3, -0.25) is 9.59 Å². The number of carbonyl (C=O) groups excluding carboxylic acids is 3. The summed E-state index contributed by atoms with van der Waals surface area (Å²) in [5, 5.41) is 0. The molecule has 1 atom stereocenters. The zero-order valence-corrected chi connectivity index (χ0v) is 16.1. The lowest BCUT2D eigenvalue weighted by molar-refractivity contribution is -0.156. The highest BCUT2D eigenvalue weighted by Crippen LogP contribution is 2.18. The number of hydrogen-bond donors (Lipinski definition) is 0. The quantitative estimate of drug-likeness (QED) is 0.214. The van der Waals surface area contributed by atoms with E-state index >= 15 is 0 Å². The number of ether oxygens (including phenoxy) is 3. The first-order chi connectivity index (χ1) is 13.3. The summed E-state index contributed by atoms with van der Waals surface area (Å²) < 4.78 is 15.5. The fourth-order valence-corrected chi connectivity index (χ4v) is 2.31. The molecule has 2 aromatic carbocycles. The second kappa shape index (κ2) is 9.50. The zero-order chi connectivity index (χ0) is 20.7. The maximum atomic E-state index is 12.3. The van der Waals surface area contributed by atoms with Crippen LogP contribution < -0.4 is 9.47 Å². The molecular formula is C22H22O6. The molecule has 0 fully saturated rings. The van der Waals surface area contributed by atoms with Crippen LogP contribution >= 0.6 is 0 Å². The van der Waals surface area contributed by atoms with Crippen LogP contribution in [0.1, 0.15) is 41.0 Å². The third kappa shape index (κ3) is 5.81. The molecule has 146 valence electrons. The van der Waals surface area contributed by atoms with Gasteiger partial charge in [0.1, 0.15) is 11.5 Å². The molecule has 2 rings (SSSR count). The third-order valence-corrected chi connectivity index (χ3v) is 3.83. The highest BCUT2D eigenvalue weighted by Gasteiger charge is 2.15. The van der Waals surface area contributed by atoms with E-state index in [1.165, 1.54) is 0 Å². The summed E-state index contributed by atoms with van der Waals surface area (Å²) in [7, 11) is 1.54. The van der Waals surface area contributed by atoms with Crippen LogP contribution in [-0.2, 0) is 9.53 Å². The monoisotopic (exact) mass is 382 g/mol. The first-order valence-corrected chi connectivity index (χ1v) is 8.64. The highest BCUT2D eigenvalue weighted by atomic mass is 16.7. The molecule has 0 radical (unpaired) electrons. The van der Waals surface area contributed by atoms with Crippen molar-refractivity contribution >= 4 is 17.5 Å². The van der Waals surface area contributed by atoms with Gasteiger partial charge >= 0.3 is 5.97 Å². The largest absolute Gasteiger partial charge is 0.497 e. The summed E-state index contributed by atoms with van der Waals surface area (Å²) in [6, 6.07) is 12.9. The first kappa shape index (κ1) is 20.9. The lowest BCUT2D eigenvalue weighted by atomic mass is 10.0. The van der Waals surface area contributed by atoms with E-state index in [1.54, 1.807) is 69.5 Å². The number of rotatable bonds is 9. The molecule has 0 aromatic heterocycles. The van der Waals surface area contributed by atoms with Gasteiger partial charge in [-0.15, -0.1) is 0 Å². The van der Waals surface area contributed by atoms with E-state index in [-0.39, 0.29) is 23.6 Å². The Morgan fingerprint density at radius 1 is 0.893 bits per heavy atom. The van der Waals surface area contributed by atoms with E-state index in [4.69, 9.17) is 14.2 Å². The number of carbonyl (C=O) groups is 3. The smallest absolute Gasteiger partial charge is 0.336 e. The topological polar surface area (TPSA) is 78.9 Å². The van der Waals surface area contributed by atoms with Crippen molar-refractivity contribution in [3.8, 4) is 11.5 Å². The summed E-state index contributed by atoms with van der Waals surface area (Å²) in [5.41, 5.74) is 1.11. The molecule has 0 amide bonds. The molecule has 2 aromatic rings. The van der Waals surface area contributed by atoms with Crippen LogP contribution in [0.2, 0.25) is 0 Å². The standard InChI is InChI=1S/C22H22O6/c1-14(2)22(25)28-15(3)27-19-11-7-17(8-12-19)21(24)13-20(23)16-5-9-18(26-4)10-6-16/h5-12,15H,1,13H2,2-4H3. The summed E-state index contributed by atoms with van der Waals surface area (Å²) in [4.78, 5) is 36.1. The van der Waals surface area contributed by atoms with Gasteiger partial charge in [0.25, 0.3) is 0 Å². The molecule has 0 heterocycles. The minimum absolute atomic E-state index is 0.237.